The third kappa shape index (κ3) is 1.18. The van der Waals surface area contributed by atoms with E-state index in [0.29, 0.717) is 5.69 Å². The molecule has 0 saturated carbocycles. The van der Waals surface area contributed by atoms with E-state index in [0.717, 1.165) is 16.7 Å². The second-order valence-electron chi connectivity index (χ2n) is 2.92. The molecule has 0 aliphatic heterocycles. The fourth-order valence-electron chi connectivity index (χ4n) is 1.22. The van der Waals surface area contributed by atoms with Crippen molar-refractivity contribution in [2.24, 2.45) is 5.11 Å². The summed E-state index contributed by atoms with van der Waals surface area (Å²) in [6, 6.07) is 1.63. The molecule has 0 bridgehead atoms. The van der Waals surface area contributed by atoms with Crippen LogP contribution in [0.3, 0.4) is 0 Å². The van der Waals surface area contributed by atoms with E-state index in [1.165, 1.54) is 0 Å². The predicted molar refractivity (Wildman–Crippen MR) is 47.1 cm³/mol. The van der Waals surface area contributed by atoms with Crippen LogP contribution in [0.1, 0.15) is 16.7 Å². The zero-order chi connectivity index (χ0) is 9.30. The quantitative estimate of drug-likeness (QED) is 0.616. The fourth-order valence-corrected chi connectivity index (χ4v) is 1.22. The van der Waals surface area contributed by atoms with Gasteiger partial charge in [-0.3, -0.25) is 0 Å². The number of benzene rings is 1. The molecular formula is C9H12N2O. The lowest BCUT2D eigenvalue weighted by Crippen LogP contribution is -1.85. The van der Waals surface area contributed by atoms with Gasteiger partial charge in [-0.1, -0.05) is 0 Å². The van der Waals surface area contributed by atoms with Crippen LogP contribution < -0.4 is 0 Å². The number of nitrogens with zero attached hydrogens (tertiary/aromatic N) is 1. The molecule has 0 heterocycles. The first kappa shape index (κ1) is 8.71. The molecule has 0 amide bonds. The molecule has 1 rings (SSSR count). The van der Waals surface area contributed by atoms with Crippen LogP contribution in [0, 0.1) is 26.3 Å². The van der Waals surface area contributed by atoms with Crippen molar-refractivity contribution < 1.29 is 5.11 Å². The Morgan fingerprint density at radius 2 is 1.83 bits per heavy atom. The van der Waals surface area contributed by atoms with E-state index < -0.39 is 0 Å². The Labute approximate surface area is 71.6 Å². The molecule has 0 spiro atoms. The van der Waals surface area contributed by atoms with Crippen LogP contribution in [0.2, 0.25) is 0 Å². The van der Waals surface area contributed by atoms with Gasteiger partial charge in [0.05, 0.1) is 5.69 Å². The number of aromatic hydroxyl groups is 1. The number of phenolic OH excluding ortho intramolecular Hbond substituents is 1. The van der Waals surface area contributed by atoms with Gasteiger partial charge in [0.1, 0.15) is 5.75 Å². The maximum absolute atomic E-state index is 9.40. The topological polar surface area (TPSA) is 56.4 Å². The zero-order valence-corrected chi connectivity index (χ0v) is 7.47. The number of aryl methyl sites for hydroxylation is 1. The van der Waals surface area contributed by atoms with E-state index in [1.54, 1.807) is 6.07 Å². The number of nitrogens with one attached hydrogen (secondary N) is 1. The molecular weight excluding hydrogens is 152 g/mol. The summed E-state index contributed by atoms with van der Waals surface area (Å²) in [5, 5.41) is 12.8. The Bertz CT molecular complexity index is 332. The molecule has 2 N–H and O–H groups in total. The molecule has 0 aliphatic rings. The molecule has 1 aromatic carbocycles. The van der Waals surface area contributed by atoms with Gasteiger partial charge < -0.3 is 5.11 Å². The number of hydrogen-bond acceptors (Lipinski definition) is 3. The van der Waals surface area contributed by atoms with Gasteiger partial charge in [-0.05, 0) is 43.5 Å². The molecule has 3 nitrogen and oxygen atoms in total. The second-order valence-corrected chi connectivity index (χ2v) is 2.92. The third-order valence-corrected chi connectivity index (χ3v) is 2.14. The smallest absolute Gasteiger partial charge is 0.119 e. The van der Waals surface area contributed by atoms with Crippen LogP contribution in [0.15, 0.2) is 11.2 Å². The predicted octanol–water partition coefficient (Wildman–Crippen LogP) is 2.98. The van der Waals surface area contributed by atoms with Gasteiger partial charge in [0.25, 0.3) is 0 Å². The molecule has 0 atom stereocenters. The van der Waals surface area contributed by atoms with Crippen molar-refractivity contribution in [2.75, 3.05) is 0 Å². The van der Waals surface area contributed by atoms with Gasteiger partial charge >= 0.3 is 0 Å². The van der Waals surface area contributed by atoms with Crippen molar-refractivity contribution in [2.45, 2.75) is 20.8 Å². The average Bonchev–Trinajstić information content (AvgIpc) is 2.01. The Kier molecular flexibility index (Phi) is 2.13. The molecule has 0 aliphatic carbocycles. The number of phenols is 1. The Balaban J connectivity index is 3.51. The van der Waals surface area contributed by atoms with Crippen LogP contribution in [0.25, 0.3) is 0 Å². The second kappa shape index (κ2) is 2.93. The zero-order valence-electron chi connectivity index (χ0n) is 7.47. The molecule has 64 valence electrons. The molecule has 0 fully saturated rings. The van der Waals surface area contributed by atoms with E-state index in [-0.39, 0.29) is 5.75 Å². The lowest BCUT2D eigenvalue weighted by atomic mass is 10.0. The first-order chi connectivity index (χ1) is 5.57. The number of rotatable bonds is 1. The molecule has 0 aromatic heterocycles. The van der Waals surface area contributed by atoms with Crippen molar-refractivity contribution >= 4 is 5.69 Å². The fraction of sp³-hybridized carbons (Fsp3) is 0.333. The van der Waals surface area contributed by atoms with Crippen molar-refractivity contribution in [1.29, 1.82) is 5.53 Å². The minimum absolute atomic E-state index is 0.275. The van der Waals surface area contributed by atoms with Crippen LogP contribution >= 0.6 is 0 Å². The highest BCUT2D eigenvalue weighted by Gasteiger charge is 2.07. The lowest BCUT2D eigenvalue weighted by molar-refractivity contribution is 0.470. The van der Waals surface area contributed by atoms with Crippen LogP contribution in [0.4, 0.5) is 5.69 Å². The molecule has 12 heavy (non-hydrogen) atoms. The Morgan fingerprint density at radius 1 is 1.25 bits per heavy atom. The average molecular weight is 164 g/mol. The highest BCUT2D eigenvalue weighted by molar-refractivity contribution is 5.58. The molecule has 0 radical (unpaired) electrons. The van der Waals surface area contributed by atoms with E-state index in [1.807, 2.05) is 20.8 Å². The number of hydrogen-bond donors (Lipinski definition) is 2. The van der Waals surface area contributed by atoms with Crippen molar-refractivity contribution in [3.05, 3.63) is 22.8 Å². The van der Waals surface area contributed by atoms with Crippen molar-refractivity contribution in [3.63, 3.8) is 0 Å². The summed E-state index contributed by atoms with van der Waals surface area (Å²) >= 11 is 0. The molecule has 3 heteroatoms. The van der Waals surface area contributed by atoms with Gasteiger partial charge in [0, 0.05) is 0 Å². The maximum atomic E-state index is 9.40. The lowest BCUT2D eigenvalue weighted by Gasteiger charge is -2.08. The minimum Gasteiger partial charge on any atom is -0.508 e. The highest BCUT2D eigenvalue weighted by Crippen LogP contribution is 2.31. The summed E-state index contributed by atoms with van der Waals surface area (Å²) in [4.78, 5) is 0. The van der Waals surface area contributed by atoms with Crippen LogP contribution in [-0.4, -0.2) is 5.11 Å². The van der Waals surface area contributed by atoms with Crippen molar-refractivity contribution in [1.82, 2.24) is 0 Å². The van der Waals surface area contributed by atoms with E-state index in [4.69, 9.17) is 5.53 Å². The maximum Gasteiger partial charge on any atom is 0.119 e. The summed E-state index contributed by atoms with van der Waals surface area (Å²) in [6.07, 6.45) is 0. The molecule has 0 saturated heterocycles. The van der Waals surface area contributed by atoms with Crippen LogP contribution in [-0.2, 0) is 0 Å². The van der Waals surface area contributed by atoms with Gasteiger partial charge in [-0.2, -0.15) is 5.11 Å². The summed E-state index contributed by atoms with van der Waals surface area (Å²) in [7, 11) is 0. The molecule has 1 aromatic rings. The highest BCUT2D eigenvalue weighted by atomic mass is 16.3. The SMILES string of the molecule is Cc1cc(O)c(C)c(C)c1N=N. The van der Waals surface area contributed by atoms with Crippen molar-refractivity contribution in [3.8, 4) is 5.75 Å². The Hall–Kier alpha value is -1.38. The summed E-state index contributed by atoms with van der Waals surface area (Å²) in [5.74, 6) is 0.275. The first-order valence-electron chi connectivity index (χ1n) is 3.75. The summed E-state index contributed by atoms with van der Waals surface area (Å²) < 4.78 is 0. The summed E-state index contributed by atoms with van der Waals surface area (Å²) in [5.41, 5.74) is 10.1. The van der Waals surface area contributed by atoms with Crippen LogP contribution in [0.5, 0.6) is 5.75 Å². The Morgan fingerprint density at radius 3 is 2.33 bits per heavy atom. The van der Waals surface area contributed by atoms with Gasteiger partial charge in [-0.15, -0.1) is 0 Å². The first-order valence-corrected chi connectivity index (χ1v) is 3.75. The largest absolute Gasteiger partial charge is 0.508 e. The van der Waals surface area contributed by atoms with Gasteiger partial charge in [0.15, 0.2) is 0 Å². The van der Waals surface area contributed by atoms with E-state index in [9.17, 15) is 5.11 Å². The standard InChI is InChI=1S/C9H12N2O/c1-5-4-8(12)6(2)7(3)9(5)11-10/h4,10,12H,1-3H3. The monoisotopic (exact) mass is 164 g/mol. The summed E-state index contributed by atoms with van der Waals surface area (Å²) in [6.45, 7) is 5.51. The van der Waals surface area contributed by atoms with Gasteiger partial charge in [0.2, 0.25) is 0 Å². The van der Waals surface area contributed by atoms with E-state index >= 15 is 0 Å². The molecule has 0 unspecified atom stereocenters. The van der Waals surface area contributed by atoms with E-state index in [2.05, 4.69) is 5.11 Å². The van der Waals surface area contributed by atoms with Gasteiger partial charge in [-0.25, -0.2) is 5.53 Å². The minimum atomic E-state index is 0.275. The normalized spacial score (nSPS) is 9.92. The third-order valence-electron chi connectivity index (χ3n) is 2.14.